The number of nitrogens with zero attached hydrogens (tertiary/aromatic N) is 3. The molecule has 0 aliphatic heterocycles. The molecule has 2 aromatic heterocycles. The molecule has 0 unspecified atom stereocenters. The van der Waals surface area contributed by atoms with Crippen molar-refractivity contribution in [2.45, 2.75) is 12.8 Å². The van der Waals surface area contributed by atoms with E-state index in [1.807, 2.05) is 43.1 Å². The number of aromatic nitrogens is 3. The van der Waals surface area contributed by atoms with Crippen LogP contribution in [-0.2, 0) is 5.88 Å². The molecule has 2 rings (SSSR count). The zero-order valence-electron chi connectivity index (χ0n) is 9.24. The number of H-pyrrole nitrogens is 1. The lowest BCUT2D eigenvalue weighted by Gasteiger charge is -2.15. The third kappa shape index (κ3) is 2.17. The Balaban J connectivity index is 2.29. The molecule has 0 radical (unpaired) electrons. The highest BCUT2D eigenvalue weighted by molar-refractivity contribution is 6.16. The highest BCUT2D eigenvalue weighted by atomic mass is 35.5. The van der Waals surface area contributed by atoms with Crippen LogP contribution in [0.1, 0.15) is 11.4 Å². The van der Waals surface area contributed by atoms with Crippen LogP contribution in [0.15, 0.2) is 24.3 Å². The van der Waals surface area contributed by atoms with E-state index in [0.717, 1.165) is 23.0 Å². The van der Waals surface area contributed by atoms with E-state index in [2.05, 4.69) is 15.2 Å². The number of aromatic amines is 1. The van der Waals surface area contributed by atoms with Gasteiger partial charge in [0.25, 0.3) is 0 Å². The molecule has 0 fully saturated rings. The topological polar surface area (TPSA) is 44.8 Å². The molecule has 84 valence electrons. The summed E-state index contributed by atoms with van der Waals surface area (Å²) in [4.78, 5) is 6.33. The molecule has 0 saturated heterocycles. The molecule has 0 bridgehead atoms. The number of pyridine rings is 1. The van der Waals surface area contributed by atoms with Gasteiger partial charge in [0.15, 0.2) is 5.82 Å². The number of alkyl halides is 1. The zero-order valence-corrected chi connectivity index (χ0v) is 9.99. The first-order valence-electron chi connectivity index (χ1n) is 4.98. The van der Waals surface area contributed by atoms with Gasteiger partial charge in [-0.05, 0) is 19.1 Å². The highest BCUT2D eigenvalue weighted by Gasteiger charge is 2.08. The summed E-state index contributed by atoms with van der Waals surface area (Å²) in [7, 11) is 1.93. The zero-order chi connectivity index (χ0) is 11.5. The maximum atomic E-state index is 5.75. The van der Waals surface area contributed by atoms with Crippen molar-refractivity contribution in [3.05, 3.63) is 35.7 Å². The standard InChI is InChI=1S/C11H13ClN4/c1-8-6-11(15-14-8)16(2)10-5-3-4-9(7-12)13-10/h3-6H,7H2,1-2H3,(H,14,15). The Morgan fingerprint density at radius 1 is 1.38 bits per heavy atom. The Morgan fingerprint density at radius 3 is 2.81 bits per heavy atom. The van der Waals surface area contributed by atoms with Crippen LogP contribution in [0.25, 0.3) is 0 Å². The molecule has 0 aliphatic carbocycles. The fraction of sp³-hybridized carbons (Fsp3) is 0.273. The SMILES string of the molecule is Cc1cc(N(C)c2cccc(CCl)n2)n[nH]1. The van der Waals surface area contributed by atoms with E-state index in [9.17, 15) is 0 Å². The fourth-order valence-electron chi connectivity index (χ4n) is 1.42. The van der Waals surface area contributed by atoms with Gasteiger partial charge in [0.1, 0.15) is 5.82 Å². The van der Waals surface area contributed by atoms with Crippen molar-refractivity contribution >= 4 is 23.2 Å². The lowest BCUT2D eigenvalue weighted by molar-refractivity contribution is 0.997. The fourth-order valence-corrected chi connectivity index (χ4v) is 1.57. The summed E-state index contributed by atoms with van der Waals surface area (Å²) in [6.45, 7) is 1.97. The van der Waals surface area contributed by atoms with Crippen LogP contribution in [0.3, 0.4) is 0 Å². The van der Waals surface area contributed by atoms with E-state index in [4.69, 9.17) is 11.6 Å². The first kappa shape index (κ1) is 11.0. The Labute approximate surface area is 99.3 Å². The van der Waals surface area contributed by atoms with Crippen molar-refractivity contribution in [2.24, 2.45) is 0 Å². The molecule has 2 heterocycles. The second kappa shape index (κ2) is 4.53. The van der Waals surface area contributed by atoms with Gasteiger partial charge in [0, 0.05) is 18.8 Å². The van der Waals surface area contributed by atoms with E-state index >= 15 is 0 Å². The number of rotatable bonds is 3. The Kier molecular flexibility index (Phi) is 3.10. The normalized spacial score (nSPS) is 10.4. The molecule has 0 saturated carbocycles. The summed E-state index contributed by atoms with van der Waals surface area (Å²) in [5.74, 6) is 2.10. The Bertz CT molecular complexity index is 480. The minimum absolute atomic E-state index is 0.418. The molecular weight excluding hydrogens is 224 g/mol. The van der Waals surface area contributed by atoms with Gasteiger partial charge in [-0.3, -0.25) is 5.10 Å². The summed E-state index contributed by atoms with van der Waals surface area (Å²) < 4.78 is 0. The van der Waals surface area contributed by atoms with Crippen LogP contribution < -0.4 is 4.90 Å². The van der Waals surface area contributed by atoms with Gasteiger partial charge in [-0.1, -0.05) is 6.07 Å². The number of hydrogen-bond acceptors (Lipinski definition) is 3. The van der Waals surface area contributed by atoms with E-state index < -0.39 is 0 Å². The van der Waals surface area contributed by atoms with Crippen LogP contribution in [0.5, 0.6) is 0 Å². The van der Waals surface area contributed by atoms with Crippen molar-refractivity contribution in [1.29, 1.82) is 0 Å². The van der Waals surface area contributed by atoms with Gasteiger partial charge in [0.2, 0.25) is 0 Å². The summed E-state index contributed by atoms with van der Waals surface area (Å²) >= 11 is 5.75. The molecule has 0 aliphatic rings. The highest BCUT2D eigenvalue weighted by Crippen LogP contribution is 2.20. The van der Waals surface area contributed by atoms with Crippen LogP contribution in [0, 0.1) is 6.92 Å². The lowest BCUT2D eigenvalue weighted by atomic mass is 10.3. The third-order valence-corrected chi connectivity index (χ3v) is 2.58. The summed E-state index contributed by atoms with van der Waals surface area (Å²) in [5, 5.41) is 7.08. The lowest BCUT2D eigenvalue weighted by Crippen LogP contribution is -2.12. The van der Waals surface area contributed by atoms with Crippen molar-refractivity contribution < 1.29 is 0 Å². The first-order valence-corrected chi connectivity index (χ1v) is 5.52. The molecule has 2 aromatic rings. The van der Waals surface area contributed by atoms with Crippen molar-refractivity contribution in [2.75, 3.05) is 11.9 Å². The Hall–Kier alpha value is -1.55. The summed E-state index contributed by atoms with van der Waals surface area (Å²) in [6, 6.07) is 7.74. The number of aryl methyl sites for hydroxylation is 1. The van der Waals surface area contributed by atoms with Crippen molar-refractivity contribution in [1.82, 2.24) is 15.2 Å². The summed E-state index contributed by atoms with van der Waals surface area (Å²) in [5.41, 5.74) is 1.88. The second-order valence-electron chi connectivity index (χ2n) is 3.59. The largest absolute Gasteiger partial charge is 0.313 e. The number of nitrogens with one attached hydrogen (secondary N) is 1. The first-order chi connectivity index (χ1) is 7.70. The third-order valence-electron chi connectivity index (χ3n) is 2.31. The molecule has 1 N–H and O–H groups in total. The van der Waals surface area contributed by atoms with Gasteiger partial charge in [0.05, 0.1) is 11.6 Å². The van der Waals surface area contributed by atoms with Gasteiger partial charge in [-0.15, -0.1) is 11.6 Å². The Morgan fingerprint density at radius 2 is 2.19 bits per heavy atom. The predicted octanol–water partition coefficient (Wildman–Crippen LogP) is 2.62. The average Bonchev–Trinajstić information content (AvgIpc) is 2.75. The van der Waals surface area contributed by atoms with Crippen LogP contribution >= 0.6 is 11.6 Å². The molecule has 0 atom stereocenters. The van der Waals surface area contributed by atoms with E-state index in [1.54, 1.807) is 0 Å². The van der Waals surface area contributed by atoms with E-state index in [-0.39, 0.29) is 0 Å². The molecule has 5 heteroatoms. The molecule has 16 heavy (non-hydrogen) atoms. The van der Waals surface area contributed by atoms with Gasteiger partial charge >= 0.3 is 0 Å². The van der Waals surface area contributed by atoms with Gasteiger partial charge in [-0.2, -0.15) is 5.10 Å². The second-order valence-corrected chi connectivity index (χ2v) is 3.86. The molecule has 0 aromatic carbocycles. The maximum absolute atomic E-state index is 5.75. The molecule has 0 amide bonds. The molecule has 4 nitrogen and oxygen atoms in total. The van der Waals surface area contributed by atoms with Crippen molar-refractivity contribution in [3.63, 3.8) is 0 Å². The van der Waals surface area contributed by atoms with Gasteiger partial charge in [-0.25, -0.2) is 4.98 Å². The quantitative estimate of drug-likeness (QED) is 0.834. The minimum atomic E-state index is 0.418. The molecule has 0 spiro atoms. The number of halogens is 1. The number of anilines is 2. The monoisotopic (exact) mass is 236 g/mol. The minimum Gasteiger partial charge on any atom is -0.313 e. The van der Waals surface area contributed by atoms with Crippen LogP contribution in [-0.4, -0.2) is 22.2 Å². The predicted molar refractivity (Wildman–Crippen MR) is 65.2 cm³/mol. The van der Waals surface area contributed by atoms with E-state index in [1.165, 1.54) is 0 Å². The van der Waals surface area contributed by atoms with Gasteiger partial charge < -0.3 is 4.90 Å². The van der Waals surface area contributed by atoms with Crippen molar-refractivity contribution in [3.8, 4) is 0 Å². The van der Waals surface area contributed by atoms with E-state index in [0.29, 0.717) is 5.88 Å². The summed E-state index contributed by atoms with van der Waals surface area (Å²) in [6.07, 6.45) is 0. The average molecular weight is 237 g/mol. The molecular formula is C11H13ClN4. The number of hydrogen-bond donors (Lipinski definition) is 1. The smallest absolute Gasteiger partial charge is 0.155 e. The van der Waals surface area contributed by atoms with Crippen LogP contribution in [0.2, 0.25) is 0 Å². The van der Waals surface area contributed by atoms with Crippen LogP contribution in [0.4, 0.5) is 11.6 Å². The maximum Gasteiger partial charge on any atom is 0.155 e.